The Balaban J connectivity index is 1.94. The number of carbonyl (C=O) groups is 2. The molecule has 36 heavy (non-hydrogen) atoms. The van der Waals surface area contributed by atoms with E-state index in [0.29, 0.717) is 27.1 Å². The lowest BCUT2D eigenvalue weighted by atomic mass is 10.1. The number of halogens is 3. The maximum Gasteiger partial charge on any atom is 0.244 e. The van der Waals surface area contributed by atoms with E-state index in [1.165, 1.54) is 11.0 Å². The summed E-state index contributed by atoms with van der Waals surface area (Å²) in [5.74, 6) is -0.786. The number of rotatable bonds is 10. The molecule has 1 saturated carbocycles. The second-order valence-electron chi connectivity index (χ2n) is 8.93. The molecule has 11 heteroatoms. The van der Waals surface area contributed by atoms with Crippen LogP contribution >= 0.6 is 34.8 Å². The number of sulfonamides is 1. The van der Waals surface area contributed by atoms with E-state index in [1.807, 2.05) is 6.92 Å². The third kappa shape index (κ3) is 7.51. The molecular formula is C25H30Cl3N3O4S. The van der Waals surface area contributed by atoms with E-state index in [4.69, 9.17) is 34.8 Å². The molecule has 0 aromatic heterocycles. The predicted octanol–water partition coefficient (Wildman–Crippen LogP) is 5.28. The molecule has 0 saturated heterocycles. The van der Waals surface area contributed by atoms with Gasteiger partial charge in [0.1, 0.15) is 12.6 Å². The zero-order valence-corrected chi connectivity index (χ0v) is 23.3. The first-order valence-corrected chi connectivity index (χ1v) is 14.7. The number of hydrogen-bond acceptors (Lipinski definition) is 4. The largest absolute Gasteiger partial charge is 0.352 e. The highest BCUT2D eigenvalue weighted by molar-refractivity contribution is 7.92. The fourth-order valence-electron chi connectivity index (χ4n) is 4.37. The van der Waals surface area contributed by atoms with Gasteiger partial charge in [-0.1, -0.05) is 66.7 Å². The van der Waals surface area contributed by atoms with Crippen LogP contribution in [0.1, 0.15) is 44.6 Å². The Labute approximate surface area is 227 Å². The van der Waals surface area contributed by atoms with E-state index in [1.54, 1.807) is 36.4 Å². The molecule has 0 heterocycles. The van der Waals surface area contributed by atoms with Crippen LogP contribution in [0.5, 0.6) is 0 Å². The minimum absolute atomic E-state index is 0.0550. The smallest absolute Gasteiger partial charge is 0.244 e. The van der Waals surface area contributed by atoms with Crippen LogP contribution in [0.2, 0.25) is 15.1 Å². The third-order valence-corrected chi connectivity index (χ3v) is 8.31. The lowest BCUT2D eigenvalue weighted by molar-refractivity contribution is -0.140. The highest BCUT2D eigenvalue weighted by Gasteiger charge is 2.33. The molecule has 0 spiro atoms. The second kappa shape index (κ2) is 12.5. The molecule has 3 rings (SSSR count). The van der Waals surface area contributed by atoms with Crippen molar-refractivity contribution in [3.63, 3.8) is 0 Å². The van der Waals surface area contributed by atoms with Gasteiger partial charge in [-0.2, -0.15) is 0 Å². The van der Waals surface area contributed by atoms with Crippen molar-refractivity contribution in [3.8, 4) is 0 Å². The van der Waals surface area contributed by atoms with Crippen LogP contribution in [-0.2, 0) is 26.2 Å². The lowest BCUT2D eigenvalue weighted by Crippen LogP contribution is -2.53. The van der Waals surface area contributed by atoms with Crippen molar-refractivity contribution in [2.75, 3.05) is 17.1 Å². The maximum absolute atomic E-state index is 13.7. The molecule has 1 N–H and O–H groups in total. The normalized spacial score (nSPS) is 14.9. The number of amides is 2. The number of carbonyl (C=O) groups excluding carboxylic acids is 2. The van der Waals surface area contributed by atoms with E-state index in [9.17, 15) is 18.0 Å². The minimum atomic E-state index is -3.83. The predicted molar refractivity (Wildman–Crippen MR) is 145 cm³/mol. The molecule has 0 aliphatic heterocycles. The van der Waals surface area contributed by atoms with E-state index >= 15 is 0 Å². The number of hydrogen-bond donors (Lipinski definition) is 1. The maximum atomic E-state index is 13.7. The Hall–Kier alpha value is -2.00. The van der Waals surface area contributed by atoms with Gasteiger partial charge in [-0.15, -0.1) is 0 Å². The number of anilines is 1. The van der Waals surface area contributed by atoms with E-state index in [2.05, 4.69) is 5.32 Å². The number of nitrogens with one attached hydrogen (secondary N) is 1. The number of nitrogens with zero attached hydrogens (tertiary/aromatic N) is 2. The molecule has 2 aromatic rings. The summed E-state index contributed by atoms with van der Waals surface area (Å²) in [7, 11) is -3.83. The van der Waals surface area contributed by atoms with Crippen LogP contribution in [-0.4, -0.2) is 50.0 Å². The molecule has 1 fully saturated rings. The summed E-state index contributed by atoms with van der Waals surface area (Å²) in [6, 6.07) is 10.5. The average molecular weight is 575 g/mol. The van der Waals surface area contributed by atoms with E-state index in [0.717, 1.165) is 36.2 Å². The first kappa shape index (κ1) is 28.6. The van der Waals surface area contributed by atoms with Crippen molar-refractivity contribution < 1.29 is 18.0 Å². The topological polar surface area (TPSA) is 86.8 Å². The van der Waals surface area contributed by atoms with Crippen LogP contribution < -0.4 is 9.62 Å². The monoisotopic (exact) mass is 573 g/mol. The molecule has 1 aliphatic rings. The Bertz CT molecular complexity index is 1200. The van der Waals surface area contributed by atoms with Gasteiger partial charge in [-0.3, -0.25) is 13.9 Å². The van der Waals surface area contributed by atoms with Crippen molar-refractivity contribution in [2.45, 2.75) is 57.7 Å². The average Bonchev–Trinajstić information content (AvgIpc) is 3.31. The molecule has 2 amide bonds. The number of benzene rings is 2. The van der Waals surface area contributed by atoms with Crippen LogP contribution in [0.3, 0.4) is 0 Å². The second-order valence-corrected chi connectivity index (χ2v) is 12.1. The molecule has 1 aliphatic carbocycles. The van der Waals surface area contributed by atoms with Crippen molar-refractivity contribution in [1.82, 2.24) is 10.2 Å². The van der Waals surface area contributed by atoms with Crippen LogP contribution in [0.15, 0.2) is 42.5 Å². The fourth-order valence-corrected chi connectivity index (χ4v) is 5.71. The zero-order valence-electron chi connectivity index (χ0n) is 20.2. The summed E-state index contributed by atoms with van der Waals surface area (Å²) < 4.78 is 26.3. The van der Waals surface area contributed by atoms with Crippen LogP contribution in [0, 0.1) is 0 Å². The van der Waals surface area contributed by atoms with Crippen molar-refractivity contribution in [2.24, 2.45) is 0 Å². The van der Waals surface area contributed by atoms with Crippen LogP contribution in [0.4, 0.5) is 5.69 Å². The van der Waals surface area contributed by atoms with Gasteiger partial charge in [-0.05, 0) is 55.2 Å². The zero-order chi connectivity index (χ0) is 26.5. The van der Waals surface area contributed by atoms with Crippen molar-refractivity contribution in [1.29, 1.82) is 0 Å². The molecule has 7 nitrogen and oxygen atoms in total. The molecule has 1 atom stereocenters. The first-order chi connectivity index (χ1) is 17.0. The van der Waals surface area contributed by atoms with Gasteiger partial charge >= 0.3 is 0 Å². The Morgan fingerprint density at radius 3 is 2.33 bits per heavy atom. The van der Waals surface area contributed by atoms with Crippen molar-refractivity contribution in [3.05, 3.63) is 63.1 Å². The first-order valence-electron chi connectivity index (χ1n) is 11.8. The SMILES string of the molecule is CCC(C(=O)NC1CCCC1)N(Cc1ccc(Cl)c(Cl)c1)C(=O)CN(c1cccc(Cl)c1)S(C)(=O)=O. The molecular weight excluding hydrogens is 545 g/mol. The van der Waals surface area contributed by atoms with Gasteiger partial charge in [-0.25, -0.2) is 8.42 Å². The highest BCUT2D eigenvalue weighted by atomic mass is 35.5. The van der Waals surface area contributed by atoms with Gasteiger partial charge in [0.2, 0.25) is 21.8 Å². The van der Waals surface area contributed by atoms with E-state index < -0.39 is 28.5 Å². The summed E-state index contributed by atoms with van der Waals surface area (Å²) in [5, 5.41) is 4.09. The standard InChI is InChI=1S/C25H30Cl3N3O4S/c1-3-23(25(33)29-19-8-4-5-9-19)30(15-17-11-12-21(27)22(28)13-17)24(32)16-31(36(2,34)35)20-10-6-7-18(26)14-20/h6-7,10-14,19,23H,3-5,8-9,15-16H2,1-2H3,(H,29,33). The summed E-state index contributed by atoms with van der Waals surface area (Å²) in [6.07, 6.45) is 5.28. The Kier molecular flexibility index (Phi) is 9.92. The van der Waals surface area contributed by atoms with Gasteiger partial charge in [0, 0.05) is 17.6 Å². The van der Waals surface area contributed by atoms with Gasteiger partial charge in [0.15, 0.2) is 0 Å². The van der Waals surface area contributed by atoms with Crippen LogP contribution in [0.25, 0.3) is 0 Å². The van der Waals surface area contributed by atoms with Gasteiger partial charge in [0.05, 0.1) is 22.0 Å². The fraction of sp³-hybridized carbons (Fsp3) is 0.440. The Morgan fingerprint density at radius 1 is 1.06 bits per heavy atom. The molecule has 0 bridgehead atoms. The minimum Gasteiger partial charge on any atom is -0.352 e. The summed E-state index contributed by atoms with van der Waals surface area (Å²) in [4.78, 5) is 28.4. The molecule has 2 aromatic carbocycles. The van der Waals surface area contributed by atoms with E-state index in [-0.39, 0.29) is 24.2 Å². The van der Waals surface area contributed by atoms with Gasteiger partial charge in [0.25, 0.3) is 0 Å². The summed E-state index contributed by atoms with van der Waals surface area (Å²) in [6.45, 7) is 1.38. The molecule has 196 valence electrons. The van der Waals surface area contributed by atoms with Gasteiger partial charge < -0.3 is 10.2 Å². The third-order valence-electron chi connectivity index (χ3n) is 6.20. The quantitative estimate of drug-likeness (QED) is 0.418. The lowest BCUT2D eigenvalue weighted by Gasteiger charge is -2.33. The summed E-state index contributed by atoms with van der Waals surface area (Å²) >= 11 is 18.3. The molecule has 0 radical (unpaired) electrons. The summed E-state index contributed by atoms with van der Waals surface area (Å²) in [5.41, 5.74) is 0.926. The highest BCUT2D eigenvalue weighted by Crippen LogP contribution is 2.26. The Morgan fingerprint density at radius 2 is 1.75 bits per heavy atom. The van der Waals surface area contributed by atoms with Crippen molar-refractivity contribution >= 4 is 62.3 Å². The molecule has 1 unspecified atom stereocenters.